The maximum Gasteiger partial charge on any atom is 0.417 e. The molecule has 0 radical (unpaired) electrons. The average Bonchev–Trinajstić information content (AvgIpc) is 3.09. The summed E-state index contributed by atoms with van der Waals surface area (Å²) in [5.74, 6) is -2.05. The van der Waals surface area contributed by atoms with Crippen LogP contribution in [-0.4, -0.2) is 24.6 Å². The highest BCUT2D eigenvalue weighted by Crippen LogP contribution is 2.39. The number of halogens is 5. The van der Waals surface area contributed by atoms with Crippen LogP contribution in [0.2, 0.25) is 0 Å². The van der Waals surface area contributed by atoms with E-state index in [-0.39, 0.29) is 38.4 Å². The van der Waals surface area contributed by atoms with Gasteiger partial charge < -0.3 is 4.98 Å². The molecule has 1 heterocycles. The Kier molecular flexibility index (Phi) is 4.84. The van der Waals surface area contributed by atoms with Crippen LogP contribution in [0.5, 0.6) is 0 Å². The summed E-state index contributed by atoms with van der Waals surface area (Å²) in [5.41, 5.74) is -0.401. The lowest BCUT2D eigenvalue weighted by molar-refractivity contribution is -0.137. The van der Waals surface area contributed by atoms with E-state index < -0.39 is 33.2 Å². The summed E-state index contributed by atoms with van der Waals surface area (Å²) in [6.45, 7) is 0. The molecule has 0 unspecified atom stereocenters. The predicted octanol–water partition coefficient (Wildman–Crippen LogP) is 5.60. The highest BCUT2D eigenvalue weighted by molar-refractivity contribution is 7.90. The molecule has 0 saturated heterocycles. The van der Waals surface area contributed by atoms with Crippen LogP contribution in [0.3, 0.4) is 0 Å². The van der Waals surface area contributed by atoms with Gasteiger partial charge in [0.1, 0.15) is 5.82 Å². The Morgan fingerprint density at radius 1 is 0.871 bits per heavy atom. The molecule has 4 aromatic rings. The van der Waals surface area contributed by atoms with E-state index in [9.17, 15) is 30.4 Å². The molecule has 0 aliphatic carbocycles. The second-order valence-corrected chi connectivity index (χ2v) is 8.94. The Morgan fingerprint density at radius 2 is 1.48 bits per heavy atom. The minimum atomic E-state index is -4.66. The maximum absolute atomic E-state index is 13.6. The average molecular weight is 452 g/mol. The molecular weight excluding hydrogens is 439 g/mol. The molecule has 1 aromatic heterocycles. The summed E-state index contributed by atoms with van der Waals surface area (Å²) in [7, 11) is -3.51. The SMILES string of the molecule is CS(=O)(=O)c1ccc(-c2cc(-c3nc4cc(F)c(F)cc4[nH]3)ccc2C(F)(F)F)cc1. The van der Waals surface area contributed by atoms with Crippen molar-refractivity contribution in [3.05, 3.63) is 71.8 Å². The van der Waals surface area contributed by atoms with Crippen molar-refractivity contribution in [3.63, 3.8) is 0 Å². The van der Waals surface area contributed by atoms with Crippen molar-refractivity contribution >= 4 is 20.9 Å². The summed E-state index contributed by atoms with van der Waals surface area (Å²) >= 11 is 0. The topological polar surface area (TPSA) is 62.8 Å². The second-order valence-electron chi connectivity index (χ2n) is 6.92. The van der Waals surface area contributed by atoms with E-state index in [1.807, 2.05) is 0 Å². The van der Waals surface area contributed by atoms with Gasteiger partial charge in [-0.2, -0.15) is 13.2 Å². The third-order valence-electron chi connectivity index (χ3n) is 4.72. The Hall–Kier alpha value is -3.27. The number of fused-ring (bicyclic) bond motifs is 1. The van der Waals surface area contributed by atoms with Crippen molar-refractivity contribution in [1.29, 1.82) is 0 Å². The van der Waals surface area contributed by atoms with E-state index in [1.54, 1.807) is 0 Å². The molecule has 4 nitrogen and oxygen atoms in total. The number of benzene rings is 3. The Morgan fingerprint density at radius 3 is 2.10 bits per heavy atom. The van der Waals surface area contributed by atoms with Crippen molar-refractivity contribution in [2.45, 2.75) is 11.1 Å². The van der Waals surface area contributed by atoms with Crippen LogP contribution in [0.15, 0.2) is 59.5 Å². The number of nitrogens with one attached hydrogen (secondary N) is 1. The zero-order chi connectivity index (χ0) is 22.6. The lowest BCUT2D eigenvalue weighted by Gasteiger charge is -2.14. The van der Waals surface area contributed by atoms with E-state index in [0.29, 0.717) is 0 Å². The standard InChI is InChI=1S/C21H13F5N2O2S/c1-31(29,30)13-5-2-11(3-6-13)14-8-12(4-7-15(14)21(24,25)26)20-27-18-9-16(22)17(23)10-19(18)28-20/h2-10H,1H3,(H,27,28). The number of imidazole rings is 1. The number of aromatic nitrogens is 2. The van der Waals surface area contributed by atoms with E-state index in [0.717, 1.165) is 24.5 Å². The van der Waals surface area contributed by atoms with Crippen molar-refractivity contribution in [2.24, 2.45) is 0 Å². The van der Waals surface area contributed by atoms with Gasteiger partial charge in [-0.1, -0.05) is 18.2 Å². The third-order valence-corrected chi connectivity index (χ3v) is 5.84. The number of hydrogen-bond acceptors (Lipinski definition) is 3. The van der Waals surface area contributed by atoms with E-state index in [1.165, 1.54) is 36.4 Å². The number of aromatic amines is 1. The number of alkyl halides is 3. The largest absolute Gasteiger partial charge is 0.417 e. The predicted molar refractivity (Wildman–Crippen MR) is 105 cm³/mol. The molecule has 0 fully saturated rings. The lowest BCUT2D eigenvalue weighted by Crippen LogP contribution is -2.07. The van der Waals surface area contributed by atoms with Crippen molar-refractivity contribution in [2.75, 3.05) is 6.26 Å². The molecule has 160 valence electrons. The van der Waals surface area contributed by atoms with Gasteiger partial charge in [0.05, 0.1) is 21.5 Å². The van der Waals surface area contributed by atoms with Gasteiger partial charge in [0.2, 0.25) is 0 Å². The van der Waals surface area contributed by atoms with Gasteiger partial charge in [0.15, 0.2) is 21.5 Å². The normalized spacial score (nSPS) is 12.5. The molecule has 3 aromatic carbocycles. The molecule has 31 heavy (non-hydrogen) atoms. The molecule has 4 rings (SSSR count). The van der Waals surface area contributed by atoms with Crippen LogP contribution in [0.1, 0.15) is 5.56 Å². The van der Waals surface area contributed by atoms with Crippen molar-refractivity contribution < 1.29 is 30.4 Å². The van der Waals surface area contributed by atoms with Gasteiger partial charge >= 0.3 is 6.18 Å². The summed E-state index contributed by atoms with van der Waals surface area (Å²) in [4.78, 5) is 6.88. The molecule has 0 spiro atoms. The van der Waals surface area contributed by atoms with Gasteiger partial charge in [0, 0.05) is 24.0 Å². The zero-order valence-electron chi connectivity index (χ0n) is 15.8. The van der Waals surface area contributed by atoms with Crippen LogP contribution in [0, 0.1) is 11.6 Å². The van der Waals surface area contributed by atoms with E-state index in [4.69, 9.17) is 0 Å². The molecule has 0 aliphatic rings. The fourth-order valence-electron chi connectivity index (χ4n) is 3.20. The van der Waals surface area contributed by atoms with E-state index >= 15 is 0 Å². The molecule has 10 heteroatoms. The van der Waals surface area contributed by atoms with E-state index in [2.05, 4.69) is 9.97 Å². The van der Waals surface area contributed by atoms with Crippen molar-refractivity contribution in [1.82, 2.24) is 9.97 Å². The molecule has 1 N–H and O–H groups in total. The number of sulfone groups is 1. The first kappa shape index (κ1) is 21.0. The smallest absolute Gasteiger partial charge is 0.338 e. The summed E-state index contributed by atoms with van der Waals surface area (Å²) in [6, 6.07) is 10.1. The minimum Gasteiger partial charge on any atom is -0.338 e. The number of rotatable bonds is 3. The first-order valence-electron chi connectivity index (χ1n) is 8.80. The van der Waals surface area contributed by atoms with Crippen molar-refractivity contribution in [3.8, 4) is 22.5 Å². The Bertz CT molecular complexity index is 1370. The number of hydrogen-bond donors (Lipinski definition) is 1. The highest BCUT2D eigenvalue weighted by Gasteiger charge is 2.34. The summed E-state index contributed by atoms with van der Waals surface area (Å²) < 4.78 is 90.9. The minimum absolute atomic E-state index is 0.0256. The van der Waals surface area contributed by atoms with Crippen LogP contribution in [0.25, 0.3) is 33.5 Å². The molecule has 0 bridgehead atoms. The van der Waals surface area contributed by atoms with Crippen LogP contribution < -0.4 is 0 Å². The zero-order valence-corrected chi connectivity index (χ0v) is 16.6. The molecule has 0 atom stereocenters. The first-order valence-corrected chi connectivity index (χ1v) is 10.7. The fourth-order valence-corrected chi connectivity index (χ4v) is 3.83. The Balaban J connectivity index is 1.87. The van der Waals surface area contributed by atoms with Gasteiger partial charge in [-0.25, -0.2) is 22.2 Å². The first-order chi connectivity index (χ1) is 14.4. The highest BCUT2D eigenvalue weighted by atomic mass is 32.2. The molecule has 0 saturated carbocycles. The lowest BCUT2D eigenvalue weighted by atomic mass is 9.96. The number of H-pyrrole nitrogens is 1. The molecule has 0 aliphatic heterocycles. The van der Waals surface area contributed by atoms with Gasteiger partial charge in [0.25, 0.3) is 0 Å². The van der Waals surface area contributed by atoms with Crippen LogP contribution >= 0.6 is 0 Å². The van der Waals surface area contributed by atoms with Crippen LogP contribution in [0.4, 0.5) is 22.0 Å². The fraction of sp³-hybridized carbons (Fsp3) is 0.0952. The maximum atomic E-state index is 13.6. The van der Waals surface area contributed by atoms with Gasteiger partial charge in [-0.05, 0) is 35.4 Å². The van der Waals surface area contributed by atoms with Gasteiger partial charge in [-0.3, -0.25) is 0 Å². The second kappa shape index (κ2) is 7.16. The third kappa shape index (κ3) is 4.02. The summed E-state index contributed by atoms with van der Waals surface area (Å²) in [5, 5.41) is 0. The monoisotopic (exact) mass is 452 g/mol. The quantitative estimate of drug-likeness (QED) is 0.412. The molecular formula is C21H13F5N2O2S. The Labute approximate surface area is 173 Å². The molecule has 0 amide bonds. The number of nitrogens with zero attached hydrogens (tertiary/aromatic N) is 1. The van der Waals surface area contributed by atoms with Gasteiger partial charge in [-0.15, -0.1) is 0 Å². The van der Waals surface area contributed by atoms with Crippen LogP contribution in [-0.2, 0) is 16.0 Å². The summed E-state index contributed by atoms with van der Waals surface area (Å²) in [6.07, 6.45) is -3.67.